The molecule has 0 amide bonds. The first-order valence-electron chi connectivity index (χ1n) is 10.8. The molecule has 0 fully saturated rings. The molecule has 0 saturated carbocycles. The molecule has 1 aromatic heterocycles. The number of hydrogen-bond acceptors (Lipinski definition) is 6. The molecule has 35 heavy (non-hydrogen) atoms. The van der Waals surface area contributed by atoms with Crippen LogP contribution in [0.1, 0.15) is 22.8 Å². The number of hydrogen-bond donors (Lipinski definition) is 1. The van der Waals surface area contributed by atoms with Crippen molar-refractivity contribution in [1.82, 2.24) is 9.78 Å². The Balaban J connectivity index is 1.95. The lowest BCUT2D eigenvalue weighted by Crippen LogP contribution is -2.19. The summed E-state index contributed by atoms with van der Waals surface area (Å²) in [7, 11) is 4.26. The molecular formula is C27H25N3O5. The molecule has 0 aliphatic rings. The summed E-state index contributed by atoms with van der Waals surface area (Å²) in [6.07, 6.45) is 0. The summed E-state index contributed by atoms with van der Waals surface area (Å²) < 4.78 is 17.1. The maximum Gasteiger partial charge on any atom is 0.340 e. The van der Waals surface area contributed by atoms with E-state index in [-0.39, 0.29) is 16.8 Å². The fraction of sp³-hybridized carbons (Fsp3) is 0.148. The molecule has 0 saturated heterocycles. The first-order valence-corrected chi connectivity index (χ1v) is 10.8. The number of aromatic nitrogens is 2. The third kappa shape index (κ3) is 4.59. The first kappa shape index (κ1) is 23.6. The van der Waals surface area contributed by atoms with Crippen molar-refractivity contribution in [3.63, 3.8) is 0 Å². The summed E-state index contributed by atoms with van der Waals surface area (Å²) in [5.41, 5.74) is 3.13. The van der Waals surface area contributed by atoms with Crippen LogP contribution in [0.4, 0.5) is 5.69 Å². The van der Waals surface area contributed by atoms with Gasteiger partial charge < -0.3 is 14.2 Å². The predicted molar refractivity (Wildman–Crippen MR) is 135 cm³/mol. The van der Waals surface area contributed by atoms with E-state index in [1.54, 1.807) is 13.0 Å². The minimum Gasteiger partial charge on any atom is -0.493 e. The minimum atomic E-state index is -0.587. The highest BCUT2D eigenvalue weighted by atomic mass is 16.5. The van der Waals surface area contributed by atoms with E-state index in [1.165, 1.54) is 32.1 Å². The van der Waals surface area contributed by atoms with Crippen LogP contribution in [0.5, 0.6) is 11.5 Å². The van der Waals surface area contributed by atoms with Gasteiger partial charge in [-0.1, -0.05) is 48.5 Å². The molecular weight excluding hydrogens is 446 g/mol. The second-order valence-corrected chi connectivity index (χ2v) is 7.62. The molecule has 0 spiro atoms. The summed E-state index contributed by atoms with van der Waals surface area (Å²) in [6, 6.07) is 21.9. The maximum atomic E-state index is 13.6. The van der Waals surface area contributed by atoms with Gasteiger partial charge in [-0.2, -0.15) is 0 Å². The van der Waals surface area contributed by atoms with Crippen LogP contribution in [-0.2, 0) is 4.74 Å². The highest BCUT2D eigenvalue weighted by Crippen LogP contribution is 2.36. The van der Waals surface area contributed by atoms with Gasteiger partial charge in [0, 0.05) is 17.7 Å². The van der Waals surface area contributed by atoms with E-state index in [9.17, 15) is 9.59 Å². The Bertz CT molecular complexity index is 1440. The van der Waals surface area contributed by atoms with Crippen LogP contribution in [0.25, 0.3) is 16.9 Å². The van der Waals surface area contributed by atoms with Gasteiger partial charge in [0.2, 0.25) is 0 Å². The minimum absolute atomic E-state index is 0.185. The molecule has 8 heteroatoms. The number of nitrogens with one attached hydrogen (secondary N) is 1. The van der Waals surface area contributed by atoms with Gasteiger partial charge in [0.05, 0.1) is 55.2 Å². The number of benzene rings is 3. The van der Waals surface area contributed by atoms with Crippen molar-refractivity contribution in [3.05, 3.63) is 94.3 Å². The number of aliphatic imine (C=N–C) groups is 1. The number of para-hydroxylation sites is 1. The lowest BCUT2D eigenvalue weighted by Gasteiger charge is -2.12. The molecule has 3 aromatic carbocycles. The summed E-state index contributed by atoms with van der Waals surface area (Å²) >= 11 is 0. The second kappa shape index (κ2) is 10.1. The molecule has 178 valence electrons. The zero-order chi connectivity index (χ0) is 24.9. The molecule has 0 bridgehead atoms. The fourth-order valence-corrected chi connectivity index (χ4v) is 3.82. The Morgan fingerprint density at radius 3 is 2.09 bits per heavy atom. The van der Waals surface area contributed by atoms with Gasteiger partial charge in [0.15, 0.2) is 11.5 Å². The monoisotopic (exact) mass is 471 g/mol. The topological polar surface area (TPSA) is 94.9 Å². The predicted octanol–water partition coefficient (Wildman–Crippen LogP) is 4.78. The Labute approximate surface area is 202 Å². The summed E-state index contributed by atoms with van der Waals surface area (Å²) in [6.45, 7) is 1.73. The van der Waals surface area contributed by atoms with E-state index in [2.05, 4.69) is 10.1 Å². The average Bonchev–Trinajstić information content (AvgIpc) is 3.26. The molecule has 4 rings (SSSR count). The highest BCUT2D eigenvalue weighted by Gasteiger charge is 2.22. The summed E-state index contributed by atoms with van der Waals surface area (Å²) in [5.74, 6) is 0.171. The molecule has 0 atom stereocenters. The second-order valence-electron chi connectivity index (χ2n) is 7.62. The number of methoxy groups -OCH3 is 3. The van der Waals surface area contributed by atoms with Crippen LogP contribution >= 0.6 is 0 Å². The quantitative estimate of drug-likeness (QED) is 0.309. The van der Waals surface area contributed by atoms with Gasteiger partial charge in [-0.3, -0.25) is 14.9 Å². The summed E-state index contributed by atoms with van der Waals surface area (Å²) in [4.78, 5) is 30.8. The van der Waals surface area contributed by atoms with E-state index >= 15 is 0 Å². The number of aromatic amines is 1. The zero-order valence-corrected chi connectivity index (χ0v) is 19.9. The van der Waals surface area contributed by atoms with Crippen LogP contribution in [0.2, 0.25) is 0 Å². The molecule has 0 unspecified atom stereocenters. The molecule has 0 radical (unpaired) electrons. The van der Waals surface area contributed by atoms with Crippen LogP contribution in [0, 0.1) is 0 Å². The largest absolute Gasteiger partial charge is 0.493 e. The van der Waals surface area contributed by atoms with Gasteiger partial charge in [-0.25, -0.2) is 9.48 Å². The zero-order valence-electron chi connectivity index (χ0n) is 19.9. The molecule has 0 aliphatic heterocycles. The van der Waals surface area contributed by atoms with Crippen LogP contribution in [0.15, 0.2) is 82.6 Å². The molecule has 1 heterocycles. The molecule has 4 aromatic rings. The Kier molecular flexibility index (Phi) is 6.82. The number of carbonyl (C=O) groups is 1. The Hall–Kier alpha value is -4.59. The standard InChI is InChI=1S/C27H25N3O5/c1-17(28-21-16-23(34-3)22(33-2)15-20(21)27(32)35-4)24-25(18-11-7-5-8-12-18)29-30(26(24)31)19-13-9-6-10-14-19/h5-16,29H,1-4H3. The third-order valence-electron chi connectivity index (χ3n) is 5.52. The lowest BCUT2D eigenvalue weighted by atomic mass is 10.0. The van der Waals surface area contributed by atoms with E-state index in [0.29, 0.717) is 34.2 Å². The smallest absolute Gasteiger partial charge is 0.340 e. The highest BCUT2D eigenvalue weighted by molar-refractivity contribution is 6.06. The number of ether oxygens (including phenoxy) is 3. The Morgan fingerprint density at radius 1 is 0.886 bits per heavy atom. The number of nitrogens with zero attached hydrogens (tertiary/aromatic N) is 2. The van der Waals surface area contributed by atoms with E-state index in [4.69, 9.17) is 14.2 Å². The van der Waals surface area contributed by atoms with Crippen molar-refractivity contribution in [2.75, 3.05) is 21.3 Å². The van der Waals surface area contributed by atoms with Crippen molar-refractivity contribution in [1.29, 1.82) is 0 Å². The lowest BCUT2D eigenvalue weighted by molar-refractivity contribution is 0.0601. The molecule has 1 N–H and O–H groups in total. The van der Waals surface area contributed by atoms with Gasteiger partial charge in [0.1, 0.15) is 0 Å². The number of H-pyrrole nitrogens is 1. The van der Waals surface area contributed by atoms with Gasteiger partial charge >= 0.3 is 5.97 Å². The maximum absolute atomic E-state index is 13.6. The van der Waals surface area contributed by atoms with Gasteiger partial charge in [-0.15, -0.1) is 0 Å². The normalized spacial score (nSPS) is 11.3. The van der Waals surface area contributed by atoms with Gasteiger partial charge in [0.25, 0.3) is 5.56 Å². The van der Waals surface area contributed by atoms with Crippen molar-refractivity contribution >= 4 is 17.4 Å². The van der Waals surface area contributed by atoms with Gasteiger partial charge in [-0.05, 0) is 19.1 Å². The van der Waals surface area contributed by atoms with Crippen molar-refractivity contribution < 1.29 is 19.0 Å². The number of rotatable bonds is 7. The van der Waals surface area contributed by atoms with Crippen molar-refractivity contribution in [3.8, 4) is 28.4 Å². The van der Waals surface area contributed by atoms with Crippen LogP contribution in [-0.4, -0.2) is 42.8 Å². The van der Waals surface area contributed by atoms with Crippen molar-refractivity contribution in [2.24, 2.45) is 4.99 Å². The fourth-order valence-electron chi connectivity index (χ4n) is 3.82. The van der Waals surface area contributed by atoms with E-state index in [0.717, 1.165) is 5.56 Å². The first-order chi connectivity index (χ1) is 17.0. The SMILES string of the molecule is COC(=O)c1cc(OC)c(OC)cc1N=C(C)c1c(-c2ccccc2)[nH]n(-c2ccccc2)c1=O. The van der Waals surface area contributed by atoms with Crippen LogP contribution in [0.3, 0.4) is 0 Å². The molecule has 8 nitrogen and oxygen atoms in total. The van der Waals surface area contributed by atoms with Crippen molar-refractivity contribution in [2.45, 2.75) is 6.92 Å². The average molecular weight is 472 g/mol. The Morgan fingerprint density at radius 2 is 1.49 bits per heavy atom. The van der Waals surface area contributed by atoms with E-state index in [1.807, 2.05) is 60.7 Å². The number of carbonyl (C=O) groups excluding carboxylic acids is 1. The van der Waals surface area contributed by atoms with Crippen LogP contribution < -0.4 is 15.0 Å². The van der Waals surface area contributed by atoms with E-state index < -0.39 is 5.97 Å². The number of esters is 1. The third-order valence-corrected chi connectivity index (χ3v) is 5.52. The summed E-state index contributed by atoms with van der Waals surface area (Å²) in [5, 5.41) is 3.23. The molecule has 0 aliphatic carbocycles.